The zero-order valence-corrected chi connectivity index (χ0v) is 19.6. The van der Waals surface area contributed by atoms with Gasteiger partial charge in [-0.2, -0.15) is 5.10 Å². The van der Waals surface area contributed by atoms with E-state index in [-0.39, 0.29) is 17.3 Å². The molecule has 0 unspecified atom stereocenters. The minimum Gasteiger partial charge on any atom is -0.405 e. The van der Waals surface area contributed by atoms with Crippen LogP contribution in [0, 0.1) is 12.3 Å². The molecule has 174 valence electrons. The Balaban J connectivity index is 0.000000605. The number of aromatic nitrogens is 2. The Morgan fingerprint density at radius 3 is 2.39 bits per heavy atom. The van der Waals surface area contributed by atoms with Gasteiger partial charge in [-0.1, -0.05) is 13.8 Å². The van der Waals surface area contributed by atoms with Crippen LogP contribution in [0.5, 0.6) is 0 Å². The molecular formula is C23H39N5O3. The summed E-state index contributed by atoms with van der Waals surface area (Å²) < 4.78 is 2.01. The lowest BCUT2D eigenvalue weighted by molar-refractivity contribution is -0.104. The number of aliphatic hydroxyl groups is 1. The number of rotatable bonds is 4. The topological polar surface area (TPSA) is 127 Å². The maximum absolute atomic E-state index is 12.5. The maximum Gasteiger partial charge on any atom is 0.167 e. The van der Waals surface area contributed by atoms with Crippen LogP contribution in [0.15, 0.2) is 24.0 Å². The lowest BCUT2D eigenvalue weighted by Crippen LogP contribution is -2.34. The number of Topliss-reactive ketones (excluding diaryl/α,β-unsaturated/α-hetero) is 1. The lowest BCUT2D eigenvalue weighted by Gasteiger charge is -2.32. The summed E-state index contributed by atoms with van der Waals surface area (Å²) in [5.74, 6) is 0.232. The van der Waals surface area contributed by atoms with E-state index in [1.807, 2.05) is 11.6 Å². The molecule has 1 saturated heterocycles. The molecule has 3 rings (SSSR count). The summed E-state index contributed by atoms with van der Waals surface area (Å²) in [7, 11) is 1.50. The molecule has 0 spiro atoms. The molecule has 0 radical (unpaired) electrons. The molecule has 0 aromatic carbocycles. The summed E-state index contributed by atoms with van der Waals surface area (Å²) in [6.45, 7) is 10.9. The van der Waals surface area contributed by atoms with E-state index in [4.69, 9.17) is 5.73 Å². The first-order chi connectivity index (χ1) is 14.7. The number of aliphatic hydroxyl groups excluding tert-OH is 1. The van der Waals surface area contributed by atoms with E-state index in [0.717, 1.165) is 49.3 Å². The molecule has 1 aromatic heterocycles. The van der Waals surface area contributed by atoms with Gasteiger partial charge >= 0.3 is 0 Å². The lowest BCUT2D eigenvalue weighted by atomic mass is 9.75. The highest BCUT2D eigenvalue weighted by Crippen LogP contribution is 2.36. The second-order valence-electron chi connectivity index (χ2n) is 8.61. The monoisotopic (exact) mass is 433 g/mol. The van der Waals surface area contributed by atoms with Gasteiger partial charge in [-0.25, -0.2) is 0 Å². The molecule has 1 aliphatic heterocycles. The van der Waals surface area contributed by atoms with Crippen molar-refractivity contribution >= 4 is 12.1 Å². The number of aryl methyl sites for hydroxylation is 1. The van der Waals surface area contributed by atoms with Gasteiger partial charge in [0.1, 0.15) is 6.29 Å². The van der Waals surface area contributed by atoms with Crippen molar-refractivity contribution in [3.8, 4) is 0 Å². The molecule has 0 saturated carbocycles. The van der Waals surface area contributed by atoms with E-state index in [0.29, 0.717) is 19.3 Å². The summed E-state index contributed by atoms with van der Waals surface area (Å²) in [5.41, 5.74) is 13.3. The molecule has 2 heterocycles. The highest BCUT2D eigenvalue weighted by Gasteiger charge is 2.35. The molecule has 8 heteroatoms. The van der Waals surface area contributed by atoms with Gasteiger partial charge in [0.2, 0.25) is 0 Å². The van der Waals surface area contributed by atoms with Crippen LogP contribution in [0.2, 0.25) is 0 Å². The van der Waals surface area contributed by atoms with Crippen LogP contribution < -0.4 is 11.5 Å². The van der Waals surface area contributed by atoms with Crippen LogP contribution >= 0.6 is 0 Å². The van der Waals surface area contributed by atoms with Crippen LogP contribution in [-0.2, 0) is 17.8 Å². The second-order valence-corrected chi connectivity index (χ2v) is 8.61. The predicted octanol–water partition coefficient (Wildman–Crippen LogP) is 1.94. The number of aldehydes is 1. The average Bonchev–Trinajstić information content (AvgIpc) is 3.03. The van der Waals surface area contributed by atoms with Crippen LogP contribution in [0.3, 0.4) is 0 Å². The van der Waals surface area contributed by atoms with E-state index in [9.17, 15) is 14.7 Å². The number of likely N-dealkylation sites (tertiary alicyclic amines) is 1. The van der Waals surface area contributed by atoms with Gasteiger partial charge in [0.05, 0.1) is 29.6 Å². The third-order valence-corrected chi connectivity index (χ3v) is 5.51. The maximum atomic E-state index is 12.5. The van der Waals surface area contributed by atoms with Crippen molar-refractivity contribution in [3.63, 3.8) is 0 Å². The Kier molecular flexibility index (Phi) is 10.6. The standard InChI is InChI=1S/C19H29N3O2.C3H5NO.CH5N/c1-13(21-8-6-15(23)7-9-21)5-10-22-16-11-19(3,4)12-17(24)18(16)14(2)20-22;4-2-1-3-5;1-2/h5,15,23H,6-12H2,1-4H3;1-3H,4H2;2H2,1H3/b13-5+;2-1+;. The normalized spacial score (nSPS) is 18.6. The molecule has 5 N–H and O–H groups in total. The van der Waals surface area contributed by atoms with Crippen molar-refractivity contribution in [2.24, 2.45) is 16.9 Å². The van der Waals surface area contributed by atoms with Gasteiger partial charge in [-0.3, -0.25) is 14.3 Å². The number of nitrogens with zero attached hydrogens (tertiary/aromatic N) is 3. The summed E-state index contributed by atoms with van der Waals surface area (Å²) >= 11 is 0. The number of piperidine rings is 1. The molecule has 0 atom stereocenters. The number of fused-ring (bicyclic) bond motifs is 1. The van der Waals surface area contributed by atoms with Crippen molar-refractivity contribution < 1.29 is 14.7 Å². The van der Waals surface area contributed by atoms with Crippen LogP contribution in [0.4, 0.5) is 0 Å². The quantitative estimate of drug-likeness (QED) is 0.489. The molecular weight excluding hydrogens is 394 g/mol. The molecule has 2 aliphatic rings. The van der Waals surface area contributed by atoms with Crippen molar-refractivity contribution in [1.82, 2.24) is 14.7 Å². The summed E-state index contributed by atoms with van der Waals surface area (Å²) in [6, 6.07) is 0. The van der Waals surface area contributed by atoms with Gasteiger partial charge in [0, 0.05) is 25.2 Å². The fourth-order valence-corrected chi connectivity index (χ4v) is 3.97. The SMILES string of the molecule is C/C(=C\Cn1nc(C)c2c1CC(C)(C)CC2=O)N1CCC(O)CC1.CN.N/C=C/C=O. The second kappa shape index (κ2) is 12.4. The first kappa shape index (κ1) is 26.6. The fourth-order valence-electron chi connectivity index (χ4n) is 3.97. The molecule has 1 fully saturated rings. The molecule has 31 heavy (non-hydrogen) atoms. The Morgan fingerprint density at radius 1 is 1.26 bits per heavy atom. The van der Waals surface area contributed by atoms with E-state index in [1.165, 1.54) is 25.0 Å². The summed E-state index contributed by atoms with van der Waals surface area (Å²) in [5, 5.41) is 14.3. The van der Waals surface area contributed by atoms with Crippen molar-refractivity contribution in [2.75, 3.05) is 20.1 Å². The first-order valence-corrected chi connectivity index (χ1v) is 10.8. The Hall–Kier alpha value is -2.45. The minimum absolute atomic E-state index is 0.00999. The number of nitrogens with two attached hydrogens (primary N) is 2. The smallest absolute Gasteiger partial charge is 0.167 e. The zero-order chi connectivity index (χ0) is 23.6. The summed E-state index contributed by atoms with van der Waals surface area (Å²) in [6.07, 6.45) is 8.26. The zero-order valence-electron chi connectivity index (χ0n) is 19.6. The molecule has 8 nitrogen and oxygen atoms in total. The Labute approximate surface area is 186 Å². The van der Waals surface area contributed by atoms with Gasteiger partial charge in [0.25, 0.3) is 0 Å². The van der Waals surface area contributed by atoms with Crippen LogP contribution in [0.1, 0.15) is 61.8 Å². The fraction of sp³-hybridized carbons (Fsp3) is 0.609. The van der Waals surface area contributed by atoms with Gasteiger partial charge in [-0.15, -0.1) is 0 Å². The van der Waals surface area contributed by atoms with Crippen molar-refractivity contribution in [3.05, 3.63) is 41.0 Å². The number of carbonyl (C=O) groups excluding carboxylic acids is 2. The van der Waals surface area contributed by atoms with Gasteiger partial charge in [0.15, 0.2) is 5.78 Å². The molecule has 1 aromatic rings. The Morgan fingerprint density at radius 2 is 1.87 bits per heavy atom. The highest BCUT2D eigenvalue weighted by molar-refractivity contribution is 5.99. The van der Waals surface area contributed by atoms with Crippen molar-refractivity contribution in [2.45, 2.75) is 66.0 Å². The van der Waals surface area contributed by atoms with E-state index >= 15 is 0 Å². The molecule has 0 bridgehead atoms. The van der Waals surface area contributed by atoms with E-state index in [1.54, 1.807) is 0 Å². The van der Waals surface area contributed by atoms with Crippen LogP contribution in [-0.4, -0.2) is 58.1 Å². The van der Waals surface area contributed by atoms with E-state index < -0.39 is 0 Å². The van der Waals surface area contributed by atoms with Gasteiger partial charge in [-0.05, 0) is 63.9 Å². The number of ketones is 1. The van der Waals surface area contributed by atoms with Crippen molar-refractivity contribution in [1.29, 1.82) is 0 Å². The Bertz CT molecular complexity index is 787. The van der Waals surface area contributed by atoms with E-state index in [2.05, 4.69) is 42.6 Å². The third-order valence-electron chi connectivity index (χ3n) is 5.51. The number of carbonyl (C=O) groups is 2. The molecule has 1 aliphatic carbocycles. The van der Waals surface area contributed by atoms with Gasteiger partial charge < -0.3 is 21.5 Å². The largest absolute Gasteiger partial charge is 0.405 e. The minimum atomic E-state index is -0.150. The number of hydrogen-bond donors (Lipinski definition) is 3. The summed E-state index contributed by atoms with van der Waals surface area (Å²) in [4.78, 5) is 24.0. The highest BCUT2D eigenvalue weighted by atomic mass is 16.3. The molecule has 0 amide bonds. The average molecular weight is 434 g/mol. The number of hydrogen-bond acceptors (Lipinski definition) is 7. The first-order valence-electron chi connectivity index (χ1n) is 10.8. The van der Waals surface area contributed by atoms with Crippen LogP contribution in [0.25, 0.3) is 0 Å². The third kappa shape index (κ3) is 7.63. The predicted molar refractivity (Wildman–Crippen MR) is 123 cm³/mol. The number of allylic oxidation sites excluding steroid dienone is 3.